The van der Waals surface area contributed by atoms with Gasteiger partial charge in [0.25, 0.3) is 0 Å². The minimum atomic E-state index is -0.600. The summed E-state index contributed by atoms with van der Waals surface area (Å²) < 4.78 is 0. The Morgan fingerprint density at radius 3 is 2.43 bits per heavy atom. The lowest BCUT2D eigenvalue weighted by Gasteiger charge is -2.43. The van der Waals surface area contributed by atoms with Gasteiger partial charge in [-0.3, -0.25) is 0 Å². The van der Waals surface area contributed by atoms with Crippen molar-refractivity contribution < 1.29 is 5.11 Å². The van der Waals surface area contributed by atoms with Gasteiger partial charge in [-0.25, -0.2) is 0 Å². The second-order valence-corrected chi connectivity index (χ2v) is 5.05. The van der Waals surface area contributed by atoms with Gasteiger partial charge in [-0.1, -0.05) is 32.1 Å². The van der Waals surface area contributed by atoms with Gasteiger partial charge in [0.15, 0.2) is 0 Å². The van der Waals surface area contributed by atoms with Crippen LogP contribution in [0.25, 0.3) is 0 Å². The Morgan fingerprint density at radius 2 is 1.93 bits per heavy atom. The van der Waals surface area contributed by atoms with Crippen LogP contribution in [-0.4, -0.2) is 29.8 Å². The molecule has 14 heavy (non-hydrogen) atoms. The van der Waals surface area contributed by atoms with Gasteiger partial charge < -0.3 is 16.2 Å². The van der Waals surface area contributed by atoms with Crippen molar-refractivity contribution in [3.8, 4) is 0 Å². The molecule has 2 aliphatic rings. The maximum Gasteiger partial charge on any atom is 0.104 e. The molecule has 3 heteroatoms. The molecule has 0 aromatic heterocycles. The quantitative estimate of drug-likeness (QED) is 0.623. The Labute approximate surface area is 86.1 Å². The van der Waals surface area contributed by atoms with Crippen LogP contribution in [-0.2, 0) is 0 Å². The molecule has 1 saturated heterocycles. The second-order valence-electron chi connectivity index (χ2n) is 5.05. The van der Waals surface area contributed by atoms with Crippen molar-refractivity contribution in [2.75, 3.05) is 13.1 Å². The Hall–Kier alpha value is -0.120. The molecule has 1 aliphatic carbocycles. The molecule has 3 nitrogen and oxygen atoms in total. The summed E-state index contributed by atoms with van der Waals surface area (Å²) >= 11 is 0. The summed E-state index contributed by atoms with van der Waals surface area (Å²) in [4.78, 5) is 0. The molecule has 0 amide bonds. The van der Waals surface area contributed by atoms with Crippen molar-refractivity contribution in [2.24, 2.45) is 11.7 Å². The molecule has 0 spiro atoms. The first-order valence-electron chi connectivity index (χ1n) is 5.89. The molecule has 1 saturated carbocycles. The highest BCUT2D eigenvalue weighted by Gasteiger charge is 2.41. The number of hydrogen-bond acceptors (Lipinski definition) is 3. The largest absolute Gasteiger partial charge is 0.386 e. The highest BCUT2D eigenvalue weighted by atomic mass is 16.3. The lowest BCUT2D eigenvalue weighted by atomic mass is 9.78. The lowest BCUT2D eigenvalue weighted by molar-refractivity contribution is -0.0392. The molecule has 1 unspecified atom stereocenters. The van der Waals surface area contributed by atoms with Gasteiger partial charge in [-0.05, 0) is 12.3 Å². The zero-order chi connectivity index (χ0) is 10.0. The van der Waals surface area contributed by atoms with E-state index >= 15 is 0 Å². The highest BCUT2D eigenvalue weighted by Crippen LogP contribution is 2.30. The van der Waals surface area contributed by atoms with E-state index in [4.69, 9.17) is 5.73 Å². The van der Waals surface area contributed by atoms with Crippen molar-refractivity contribution >= 4 is 0 Å². The van der Waals surface area contributed by atoms with Gasteiger partial charge in [0.2, 0.25) is 0 Å². The van der Waals surface area contributed by atoms with E-state index in [0.29, 0.717) is 13.1 Å². The summed E-state index contributed by atoms with van der Waals surface area (Å²) in [5.74, 6) is 0.767. The van der Waals surface area contributed by atoms with Gasteiger partial charge in [0, 0.05) is 19.1 Å². The number of aliphatic hydroxyl groups is 1. The Bertz CT molecular complexity index is 186. The number of nitrogens with two attached hydrogens (primary N) is 1. The smallest absolute Gasteiger partial charge is 0.104 e. The molecule has 2 rings (SSSR count). The molecule has 1 heterocycles. The van der Waals surface area contributed by atoms with E-state index in [-0.39, 0.29) is 6.04 Å². The van der Waals surface area contributed by atoms with Crippen LogP contribution >= 0.6 is 0 Å². The Morgan fingerprint density at radius 1 is 1.29 bits per heavy atom. The van der Waals surface area contributed by atoms with E-state index in [1.165, 1.54) is 32.1 Å². The molecule has 0 aromatic carbocycles. The third-order valence-corrected chi connectivity index (χ3v) is 3.86. The molecule has 2 fully saturated rings. The first kappa shape index (κ1) is 10.4. The third kappa shape index (κ3) is 2.10. The van der Waals surface area contributed by atoms with Crippen LogP contribution in [0.15, 0.2) is 0 Å². The van der Waals surface area contributed by atoms with E-state index in [2.05, 4.69) is 5.32 Å². The SMILES string of the molecule is NC(CC1CCCCC1)C1(O)CNC1. The predicted molar refractivity (Wildman–Crippen MR) is 57.0 cm³/mol. The standard InChI is InChI=1S/C11H22N2O/c12-10(11(14)7-13-8-11)6-9-4-2-1-3-5-9/h9-10,13-14H,1-8,12H2. The maximum atomic E-state index is 10.0. The summed E-state index contributed by atoms with van der Waals surface area (Å²) in [7, 11) is 0. The first-order chi connectivity index (χ1) is 6.71. The molecule has 1 atom stereocenters. The van der Waals surface area contributed by atoms with Crippen molar-refractivity contribution in [1.82, 2.24) is 5.32 Å². The summed E-state index contributed by atoms with van der Waals surface area (Å²) in [5.41, 5.74) is 5.45. The molecule has 0 bridgehead atoms. The van der Waals surface area contributed by atoms with Gasteiger partial charge in [-0.2, -0.15) is 0 Å². The predicted octanol–water partition coefficient (Wildman–Crippen LogP) is 0.618. The Kier molecular flexibility index (Phi) is 3.10. The van der Waals surface area contributed by atoms with E-state index in [1.54, 1.807) is 0 Å². The van der Waals surface area contributed by atoms with Gasteiger partial charge in [0.1, 0.15) is 5.60 Å². The average Bonchev–Trinajstić information content (AvgIpc) is 2.15. The zero-order valence-corrected chi connectivity index (χ0v) is 8.84. The van der Waals surface area contributed by atoms with Crippen molar-refractivity contribution in [3.05, 3.63) is 0 Å². The number of nitrogens with one attached hydrogen (secondary N) is 1. The molecule has 0 radical (unpaired) electrons. The summed E-state index contributed by atoms with van der Waals surface area (Å²) in [6.07, 6.45) is 7.74. The van der Waals surface area contributed by atoms with Crippen LogP contribution in [0.5, 0.6) is 0 Å². The molecule has 4 N–H and O–H groups in total. The van der Waals surface area contributed by atoms with Crippen LogP contribution in [0.2, 0.25) is 0 Å². The monoisotopic (exact) mass is 198 g/mol. The molecule has 82 valence electrons. The van der Waals surface area contributed by atoms with E-state index in [9.17, 15) is 5.11 Å². The fraction of sp³-hybridized carbons (Fsp3) is 1.00. The number of β-amino-alcohol motifs (C(OH)–C–C–N with tert-alkyl or cyclic N) is 1. The van der Waals surface area contributed by atoms with E-state index in [0.717, 1.165) is 12.3 Å². The summed E-state index contributed by atoms with van der Waals surface area (Å²) in [5, 5.41) is 13.1. The summed E-state index contributed by atoms with van der Waals surface area (Å²) in [6, 6.07) is -0.0214. The van der Waals surface area contributed by atoms with Crippen LogP contribution in [0.3, 0.4) is 0 Å². The fourth-order valence-corrected chi connectivity index (χ4v) is 2.64. The van der Waals surface area contributed by atoms with Crippen LogP contribution in [0.1, 0.15) is 38.5 Å². The number of hydrogen-bond donors (Lipinski definition) is 3. The van der Waals surface area contributed by atoms with Gasteiger partial charge in [0.05, 0.1) is 0 Å². The average molecular weight is 198 g/mol. The van der Waals surface area contributed by atoms with E-state index in [1.807, 2.05) is 0 Å². The normalized spacial score (nSPS) is 29.6. The summed E-state index contributed by atoms with van der Waals surface area (Å²) in [6.45, 7) is 1.36. The first-order valence-corrected chi connectivity index (χ1v) is 5.89. The minimum Gasteiger partial charge on any atom is -0.386 e. The number of rotatable bonds is 3. The molecular weight excluding hydrogens is 176 g/mol. The fourth-order valence-electron chi connectivity index (χ4n) is 2.64. The second kappa shape index (κ2) is 4.17. The maximum absolute atomic E-state index is 10.0. The third-order valence-electron chi connectivity index (χ3n) is 3.86. The van der Waals surface area contributed by atoms with Gasteiger partial charge >= 0.3 is 0 Å². The molecule has 0 aromatic rings. The highest BCUT2D eigenvalue weighted by molar-refractivity contribution is 5.01. The lowest BCUT2D eigenvalue weighted by Crippen LogP contribution is -2.68. The topological polar surface area (TPSA) is 58.3 Å². The molecule has 1 aliphatic heterocycles. The minimum absolute atomic E-state index is 0.0214. The Balaban J connectivity index is 1.78. The van der Waals surface area contributed by atoms with Crippen molar-refractivity contribution in [3.63, 3.8) is 0 Å². The van der Waals surface area contributed by atoms with Gasteiger partial charge in [-0.15, -0.1) is 0 Å². The zero-order valence-electron chi connectivity index (χ0n) is 8.84. The van der Waals surface area contributed by atoms with Crippen LogP contribution in [0.4, 0.5) is 0 Å². The molecular formula is C11H22N2O. The van der Waals surface area contributed by atoms with Crippen LogP contribution in [0, 0.1) is 5.92 Å². The van der Waals surface area contributed by atoms with Crippen LogP contribution < -0.4 is 11.1 Å². The van der Waals surface area contributed by atoms with E-state index < -0.39 is 5.60 Å². The van der Waals surface area contributed by atoms with Crippen molar-refractivity contribution in [1.29, 1.82) is 0 Å². The van der Waals surface area contributed by atoms with Crippen molar-refractivity contribution in [2.45, 2.75) is 50.2 Å².